The summed E-state index contributed by atoms with van der Waals surface area (Å²) >= 11 is 1.08. The first-order chi connectivity index (χ1) is 11.7. The number of rotatable bonds is 8. The highest BCUT2D eigenvalue weighted by Crippen LogP contribution is 2.21. The fourth-order valence-corrected chi connectivity index (χ4v) is 4.28. The van der Waals surface area contributed by atoms with E-state index >= 15 is 0 Å². The van der Waals surface area contributed by atoms with Crippen LogP contribution in [0, 0.1) is 6.92 Å². The molecular formula is C17H22N2O4S2. The lowest BCUT2D eigenvalue weighted by Gasteiger charge is -2.10. The van der Waals surface area contributed by atoms with Crippen molar-refractivity contribution in [3.63, 3.8) is 0 Å². The molecular weight excluding hydrogens is 360 g/mol. The molecule has 0 radical (unpaired) electrons. The van der Waals surface area contributed by atoms with E-state index < -0.39 is 16.0 Å². The van der Waals surface area contributed by atoms with Gasteiger partial charge in [0.1, 0.15) is 4.88 Å². The van der Waals surface area contributed by atoms with Crippen LogP contribution < -0.4 is 4.72 Å². The first-order valence-corrected chi connectivity index (χ1v) is 10.3. The van der Waals surface area contributed by atoms with Gasteiger partial charge in [0.05, 0.1) is 15.6 Å². The zero-order chi connectivity index (χ0) is 18.6. The van der Waals surface area contributed by atoms with Crippen molar-refractivity contribution in [1.82, 2.24) is 9.71 Å². The van der Waals surface area contributed by atoms with Crippen LogP contribution in [0.1, 0.15) is 52.1 Å². The maximum atomic E-state index is 12.3. The summed E-state index contributed by atoms with van der Waals surface area (Å²) in [6.07, 6.45) is 1.35. The molecule has 2 N–H and O–H groups in total. The molecule has 25 heavy (non-hydrogen) atoms. The van der Waals surface area contributed by atoms with Gasteiger partial charge in [-0.05, 0) is 37.0 Å². The smallest absolute Gasteiger partial charge is 0.347 e. The van der Waals surface area contributed by atoms with Gasteiger partial charge in [-0.25, -0.2) is 22.9 Å². The van der Waals surface area contributed by atoms with E-state index in [1.54, 1.807) is 19.1 Å². The zero-order valence-electron chi connectivity index (χ0n) is 14.4. The number of carboxylic acid groups (broad SMARTS) is 1. The summed E-state index contributed by atoms with van der Waals surface area (Å²) in [5, 5.41) is 9.62. The van der Waals surface area contributed by atoms with E-state index in [0.717, 1.165) is 23.3 Å². The minimum Gasteiger partial charge on any atom is -0.477 e. The van der Waals surface area contributed by atoms with Gasteiger partial charge < -0.3 is 5.11 Å². The Morgan fingerprint density at radius 3 is 2.48 bits per heavy atom. The van der Waals surface area contributed by atoms with E-state index in [2.05, 4.69) is 23.6 Å². The largest absolute Gasteiger partial charge is 0.477 e. The summed E-state index contributed by atoms with van der Waals surface area (Å²) in [6.45, 7) is 5.99. The normalized spacial score (nSPS) is 12.9. The molecule has 0 aliphatic rings. The number of benzene rings is 1. The molecule has 0 aliphatic carbocycles. The first kappa shape index (κ1) is 19.6. The number of hydrogen-bond donors (Lipinski definition) is 2. The van der Waals surface area contributed by atoms with E-state index in [4.69, 9.17) is 5.11 Å². The molecule has 0 saturated carbocycles. The molecule has 0 bridgehead atoms. The van der Waals surface area contributed by atoms with Crippen LogP contribution in [0.15, 0.2) is 29.2 Å². The lowest BCUT2D eigenvalue weighted by atomic mass is 9.99. The lowest BCUT2D eigenvalue weighted by Crippen LogP contribution is -2.26. The Morgan fingerprint density at radius 1 is 1.32 bits per heavy atom. The topological polar surface area (TPSA) is 96.4 Å². The van der Waals surface area contributed by atoms with Gasteiger partial charge in [-0.1, -0.05) is 26.0 Å². The predicted molar refractivity (Wildman–Crippen MR) is 97.9 cm³/mol. The van der Waals surface area contributed by atoms with Crippen molar-refractivity contribution in [2.75, 3.05) is 6.54 Å². The monoisotopic (exact) mass is 382 g/mol. The van der Waals surface area contributed by atoms with Crippen LogP contribution in [0.3, 0.4) is 0 Å². The molecule has 0 aliphatic heterocycles. The van der Waals surface area contributed by atoms with Gasteiger partial charge >= 0.3 is 5.97 Å². The van der Waals surface area contributed by atoms with Gasteiger partial charge in [0.25, 0.3) is 0 Å². The second kappa shape index (κ2) is 8.07. The number of hydrogen-bond acceptors (Lipinski definition) is 5. The zero-order valence-corrected chi connectivity index (χ0v) is 16.1. The molecule has 1 unspecified atom stereocenters. The number of aromatic nitrogens is 1. The van der Waals surface area contributed by atoms with Gasteiger partial charge in [0, 0.05) is 13.0 Å². The Balaban J connectivity index is 1.99. The number of nitrogens with zero attached hydrogens (tertiary/aromatic N) is 1. The second-order valence-electron chi connectivity index (χ2n) is 5.85. The third-order valence-electron chi connectivity index (χ3n) is 4.04. The molecule has 0 fully saturated rings. The standard InChI is InChI=1S/C17H22N2O4S2/c1-4-11(2)13-5-7-14(8-6-13)25(22,23)18-10-9-15-19-12(3)16(24-15)17(20)21/h5-8,11,18H,4,9-10H2,1-3H3,(H,20,21). The van der Waals surface area contributed by atoms with Crippen LogP contribution >= 0.6 is 11.3 Å². The van der Waals surface area contributed by atoms with Crippen molar-refractivity contribution in [2.45, 2.75) is 44.4 Å². The van der Waals surface area contributed by atoms with Crippen molar-refractivity contribution in [1.29, 1.82) is 0 Å². The third kappa shape index (κ3) is 4.87. The fourth-order valence-electron chi connectivity index (χ4n) is 2.34. The van der Waals surface area contributed by atoms with Crippen LogP contribution in [0.5, 0.6) is 0 Å². The Kier molecular flexibility index (Phi) is 6.31. The molecule has 1 atom stereocenters. The van der Waals surface area contributed by atoms with Crippen molar-refractivity contribution < 1.29 is 18.3 Å². The van der Waals surface area contributed by atoms with Gasteiger partial charge in [-0.15, -0.1) is 11.3 Å². The summed E-state index contributed by atoms with van der Waals surface area (Å²) in [5.41, 5.74) is 1.57. The van der Waals surface area contributed by atoms with E-state index in [1.807, 2.05) is 12.1 Å². The predicted octanol–water partition coefficient (Wildman–Crippen LogP) is 3.18. The molecule has 0 amide bonds. The molecule has 0 spiro atoms. The van der Waals surface area contributed by atoms with Crippen molar-refractivity contribution in [3.05, 3.63) is 45.4 Å². The maximum absolute atomic E-state index is 12.3. The van der Waals surface area contributed by atoms with E-state index in [9.17, 15) is 13.2 Å². The molecule has 2 rings (SSSR count). The molecule has 6 nitrogen and oxygen atoms in total. The van der Waals surface area contributed by atoms with Crippen molar-refractivity contribution in [2.24, 2.45) is 0 Å². The second-order valence-corrected chi connectivity index (χ2v) is 8.70. The van der Waals surface area contributed by atoms with E-state index in [-0.39, 0.29) is 16.3 Å². The highest BCUT2D eigenvalue weighted by Gasteiger charge is 2.16. The molecule has 2 aromatic rings. The average molecular weight is 383 g/mol. The summed E-state index contributed by atoms with van der Waals surface area (Å²) in [5.74, 6) is -0.621. The number of carbonyl (C=O) groups is 1. The number of thiazole rings is 1. The average Bonchev–Trinajstić information content (AvgIpc) is 2.95. The summed E-state index contributed by atoms with van der Waals surface area (Å²) < 4.78 is 27.2. The molecule has 1 heterocycles. The number of carboxylic acids is 1. The van der Waals surface area contributed by atoms with Crippen LogP contribution in [-0.2, 0) is 16.4 Å². The van der Waals surface area contributed by atoms with Crippen molar-refractivity contribution in [3.8, 4) is 0 Å². The van der Waals surface area contributed by atoms with Gasteiger partial charge in [0.2, 0.25) is 10.0 Å². The quantitative estimate of drug-likeness (QED) is 0.731. The maximum Gasteiger partial charge on any atom is 0.347 e. The molecule has 8 heteroatoms. The highest BCUT2D eigenvalue weighted by atomic mass is 32.2. The summed E-state index contributed by atoms with van der Waals surface area (Å²) in [6, 6.07) is 6.90. The number of aryl methyl sites for hydroxylation is 1. The Bertz CT molecular complexity index is 842. The van der Waals surface area contributed by atoms with E-state index in [0.29, 0.717) is 23.0 Å². The van der Waals surface area contributed by atoms with Gasteiger partial charge in [-0.3, -0.25) is 0 Å². The Labute approximate surface area is 152 Å². The fraction of sp³-hybridized carbons (Fsp3) is 0.412. The number of nitrogens with one attached hydrogen (secondary N) is 1. The minimum absolute atomic E-state index is 0.168. The SMILES string of the molecule is CCC(C)c1ccc(S(=O)(=O)NCCc2nc(C)c(C(=O)O)s2)cc1. The summed E-state index contributed by atoms with van der Waals surface area (Å²) in [7, 11) is -3.59. The van der Waals surface area contributed by atoms with Crippen LogP contribution in [-0.4, -0.2) is 31.0 Å². The summed E-state index contributed by atoms with van der Waals surface area (Å²) in [4.78, 5) is 15.6. The van der Waals surface area contributed by atoms with Crippen molar-refractivity contribution >= 4 is 27.3 Å². The van der Waals surface area contributed by atoms with Gasteiger partial charge in [0.15, 0.2) is 0 Å². The molecule has 1 aromatic heterocycles. The Morgan fingerprint density at radius 2 is 1.96 bits per heavy atom. The van der Waals surface area contributed by atoms with Crippen LogP contribution in [0.25, 0.3) is 0 Å². The molecule has 1 aromatic carbocycles. The van der Waals surface area contributed by atoms with Crippen LogP contribution in [0.4, 0.5) is 0 Å². The van der Waals surface area contributed by atoms with Gasteiger partial charge in [-0.2, -0.15) is 0 Å². The number of aromatic carboxylic acids is 1. The highest BCUT2D eigenvalue weighted by molar-refractivity contribution is 7.89. The van der Waals surface area contributed by atoms with E-state index in [1.165, 1.54) is 0 Å². The number of sulfonamides is 1. The molecule has 136 valence electrons. The first-order valence-electron chi connectivity index (χ1n) is 8.03. The van der Waals surface area contributed by atoms with Crippen LogP contribution in [0.2, 0.25) is 0 Å². The minimum atomic E-state index is -3.59. The molecule has 0 saturated heterocycles. The Hall–Kier alpha value is -1.77. The third-order valence-corrected chi connectivity index (χ3v) is 6.72. The lowest BCUT2D eigenvalue weighted by molar-refractivity contribution is 0.0701.